The van der Waals surface area contributed by atoms with Gasteiger partial charge < -0.3 is 15.4 Å². The van der Waals surface area contributed by atoms with Gasteiger partial charge in [-0.05, 0) is 31.9 Å². The highest BCUT2D eigenvalue weighted by atomic mass is 19.1. The number of nitrogens with one attached hydrogen (secondary N) is 1. The normalized spacial score (nSPS) is 19.5. The summed E-state index contributed by atoms with van der Waals surface area (Å²) in [5, 5.41) is 7.55. The minimum atomic E-state index is -0.441. The van der Waals surface area contributed by atoms with Gasteiger partial charge >= 0.3 is 0 Å². The Morgan fingerprint density at radius 2 is 2.37 bits per heavy atom. The Morgan fingerprint density at radius 3 is 3.05 bits per heavy atom. The van der Waals surface area contributed by atoms with E-state index in [1.807, 2.05) is 13.0 Å². The summed E-state index contributed by atoms with van der Waals surface area (Å²) in [5.41, 5.74) is 6.39. The van der Waals surface area contributed by atoms with Gasteiger partial charge in [0, 0.05) is 19.7 Å². The van der Waals surface area contributed by atoms with Crippen LogP contribution in [0, 0.1) is 11.2 Å². The summed E-state index contributed by atoms with van der Waals surface area (Å²) < 4.78 is 19.5. The first-order valence-corrected chi connectivity index (χ1v) is 6.63. The lowest BCUT2D eigenvalue weighted by Gasteiger charge is -2.35. The van der Waals surface area contributed by atoms with Gasteiger partial charge in [0.1, 0.15) is 11.7 Å². The molecule has 1 heterocycles. The lowest BCUT2D eigenvalue weighted by atomic mass is 10.0. The van der Waals surface area contributed by atoms with Gasteiger partial charge in [-0.2, -0.15) is 0 Å². The van der Waals surface area contributed by atoms with Crippen LogP contribution in [0.3, 0.4) is 0 Å². The maximum absolute atomic E-state index is 13.8. The lowest BCUT2D eigenvalue weighted by Crippen LogP contribution is -2.40. The molecule has 0 aromatic heterocycles. The van der Waals surface area contributed by atoms with Crippen LogP contribution in [0.15, 0.2) is 18.2 Å². The standard InChI is InChI=1S/C14H20FN3O/c1-2-19-10-5-4-8-18(9-10)12-7-3-6-11(15)13(12)14(16)17/h3,6-7,10H,2,4-5,8-9H2,1H3,(H3,16,17). The number of halogens is 1. The molecule has 0 aliphatic carbocycles. The molecule has 1 aliphatic heterocycles. The first-order valence-electron chi connectivity index (χ1n) is 6.63. The predicted octanol–water partition coefficient (Wildman–Crippen LogP) is 2.12. The van der Waals surface area contributed by atoms with Crippen molar-refractivity contribution in [3.05, 3.63) is 29.6 Å². The van der Waals surface area contributed by atoms with Crippen molar-refractivity contribution in [2.24, 2.45) is 5.73 Å². The Balaban J connectivity index is 2.26. The van der Waals surface area contributed by atoms with Crippen LogP contribution in [0.2, 0.25) is 0 Å². The summed E-state index contributed by atoms with van der Waals surface area (Å²) in [4.78, 5) is 2.06. The molecule has 104 valence electrons. The topological polar surface area (TPSA) is 62.3 Å². The van der Waals surface area contributed by atoms with E-state index in [9.17, 15) is 4.39 Å². The van der Waals surface area contributed by atoms with Crippen molar-refractivity contribution in [2.75, 3.05) is 24.6 Å². The van der Waals surface area contributed by atoms with Crippen LogP contribution in [0.25, 0.3) is 0 Å². The predicted molar refractivity (Wildman–Crippen MR) is 74.3 cm³/mol. The first kappa shape index (κ1) is 13.8. The minimum Gasteiger partial charge on any atom is -0.384 e. The van der Waals surface area contributed by atoms with Crippen molar-refractivity contribution in [3.8, 4) is 0 Å². The van der Waals surface area contributed by atoms with Crippen molar-refractivity contribution in [1.29, 1.82) is 5.41 Å². The van der Waals surface area contributed by atoms with E-state index in [0.29, 0.717) is 12.3 Å². The second-order valence-corrected chi connectivity index (χ2v) is 4.71. The molecular weight excluding hydrogens is 245 g/mol. The summed E-state index contributed by atoms with van der Waals surface area (Å²) in [5.74, 6) is -0.671. The van der Waals surface area contributed by atoms with Gasteiger partial charge in [-0.25, -0.2) is 4.39 Å². The molecule has 1 saturated heterocycles. The van der Waals surface area contributed by atoms with Gasteiger partial charge in [-0.15, -0.1) is 0 Å². The Labute approximate surface area is 112 Å². The molecule has 0 radical (unpaired) electrons. The number of nitrogen functional groups attached to an aromatic ring is 1. The van der Waals surface area contributed by atoms with Gasteiger partial charge in [-0.1, -0.05) is 6.07 Å². The van der Waals surface area contributed by atoms with Gasteiger partial charge in [0.05, 0.1) is 17.4 Å². The summed E-state index contributed by atoms with van der Waals surface area (Å²) >= 11 is 0. The molecule has 1 aliphatic rings. The number of ether oxygens (including phenoxy) is 1. The van der Waals surface area contributed by atoms with Gasteiger partial charge in [0.25, 0.3) is 0 Å². The molecule has 0 amide bonds. The average Bonchev–Trinajstić information content (AvgIpc) is 2.38. The molecule has 2 rings (SSSR count). The summed E-state index contributed by atoms with van der Waals surface area (Å²) in [6, 6.07) is 4.81. The molecule has 5 heteroatoms. The maximum atomic E-state index is 13.8. The number of hydrogen-bond acceptors (Lipinski definition) is 3. The summed E-state index contributed by atoms with van der Waals surface area (Å²) in [7, 11) is 0. The third-order valence-corrected chi connectivity index (χ3v) is 3.38. The molecule has 3 N–H and O–H groups in total. The average molecular weight is 265 g/mol. The van der Waals surface area contributed by atoms with Crippen molar-refractivity contribution in [2.45, 2.75) is 25.9 Å². The molecular formula is C14H20FN3O. The summed E-state index contributed by atoms with van der Waals surface area (Å²) in [6.45, 7) is 4.22. The summed E-state index contributed by atoms with van der Waals surface area (Å²) in [6.07, 6.45) is 2.19. The molecule has 1 fully saturated rings. The largest absolute Gasteiger partial charge is 0.384 e. The van der Waals surface area contributed by atoms with E-state index < -0.39 is 5.82 Å². The molecule has 0 saturated carbocycles. The van der Waals surface area contributed by atoms with E-state index in [4.69, 9.17) is 15.9 Å². The minimum absolute atomic E-state index is 0.168. The number of amidine groups is 1. The van der Waals surface area contributed by atoms with E-state index in [1.165, 1.54) is 6.07 Å². The van der Waals surface area contributed by atoms with E-state index in [2.05, 4.69) is 4.90 Å². The highest BCUT2D eigenvalue weighted by Gasteiger charge is 2.23. The van der Waals surface area contributed by atoms with Gasteiger partial charge in [-0.3, -0.25) is 5.41 Å². The number of benzene rings is 1. The lowest BCUT2D eigenvalue weighted by molar-refractivity contribution is 0.0526. The van der Waals surface area contributed by atoms with Crippen LogP contribution in [0.4, 0.5) is 10.1 Å². The Bertz CT molecular complexity index is 462. The molecule has 1 aromatic rings. The Morgan fingerprint density at radius 1 is 1.58 bits per heavy atom. The molecule has 1 atom stereocenters. The van der Waals surface area contributed by atoms with E-state index >= 15 is 0 Å². The maximum Gasteiger partial charge on any atom is 0.136 e. The zero-order valence-electron chi connectivity index (χ0n) is 11.2. The third-order valence-electron chi connectivity index (χ3n) is 3.38. The van der Waals surface area contributed by atoms with Gasteiger partial charge in [0.2, 0.25) is 0 Å². The quantitative estimate of drug-likeness (QED) is 0.647. The molecule has 0 spiro atoms. The molecule has 4 nitrogen and oxygen atoms in total. The zero-order valence-corrected chi connectivity index (χ0v) is 11.2. The van der Waals surface area contributed by atoms with Crippen LogP contribution in [0.5, 0.6) is 0 Å². The van der Waals surface area contributed by atoms with Crippen molar-refractivity contribution >= 4 is 11.5 Å². The Kier molecular flexibility index (Phi) is 4.37. The van der Waals surface area contributed by atoms with Crippen LogP contribution in [0.1, 0.15) is 25.3 Å². The van der Waals surface area contributed by atoms with Crippen LogP contribution in [-0.2, 0) is 4.74 Å². The van der Waals surface area contributed by atoms with Crippen molar-refractivity contribution in [3.63, 3.8) is 0 Å². The number of hydrogen-bond donors (Lipinski definition) is 2. The second-order valence-electron chi connectivity index (χ2n) is 4.71. The molecule has 19 heavy (non-hydrogen) atoms. The van der Waals surface area contributed by atoms with E-state index in [-0.39, 0.29) is 17.5 Å². The number of piperidine rings is 1. The number of nitrogens with zero attached hydrogens (tertiary/aromatic N) is 1. The molecule has 0 bridgehead atoms. The number of anilines is 1. The number of rotatable bonds is 4. The fourth-order valence-electron chi connectivity index (χ4n) is 2.57. The third kappa shape index (κ3) is 3.04. The van der Waals surface area contributed by atoms with Gasteiger partial charge in [0.15, 0.2) is 0 Å². The molecule has 1 unspecified atom stereocenters. The van der Waals surface area contributed by atoms with E-state index in [1.54, 1.807) is 6.07 Å². The van der Waals surface area contributed by atoms with Crippen molar-refractivity contribution < 1.29 is 9.13 Å². The first-order chi connectivity index (χ1) is 9.13. The Hall–Kier alpha value is -1.62. The number of nitrogens with two attached hydrogens (primary N) is 1. The van der Waals surface area contributed by atoms with Crippen LogP contribution >= 0.6 is 0 Å². The smallest absolute Gasteiger partial charge is 0.136 e. The highest BCUT2D eigenvalue weighted by molar-refractivity contribution is 6.00. The van der Waals surface area contributed by atoms with Crippen LogP contribution in [-0.4, -0.2) is 31.6 Å². The van der Waals surface area contributed by atoms with Crippen molar-refractivity contribution in [1.82, 2.24) is 0 Å². The van der Waals surface area contributed by atoms with Crippen LogP contribution < -0.4 is 10.6 Å². The fraction of sp³-hybridized carbons (Fsp3) is 0.500. The fourth-order valence-corrected chi connectivity index (χ4v) is 2.57. The highest BCUT2D eigenvalue weighted by Crippen LogP contribution is 2.26. The SMILES string of the molecule is CCOC1CCCN(c2cccc(F)c2C(=N)N)C1. The second kappa shape index (κ2) is 6.02. The van der Waals surface area contributed by atoms with E-state index in [0.717, 1.165) is 25.9 Å². The molecule has 1 aromatic carbocycles. The zero-order chi connectivity index (χ0) is 13.8. The monoisotopic (exact) mass is 265 g/mol.